The van der Waals surface area contributed by atoms with Crippen LogP contribution in [0.3, 0.4) is 0 Å². The van der Waals surface area contributed by atoms with Gasteiger partial charge in [-0.1, -0.05) is 30.3 Å². The lowest BCUT2D eigenvalue weighted by molar-refractivity contribution is -0.151. The first-order valence-electron chi connectivity index (χ1n) is 6.28. The van der Waals surface area contributed by atoms with Crippen LogP contribution in [0.1, 0.15) is 31.9 Å². The fourth-order valence-electron chi connectivity index (χ4n) is 2.15. The maximum absolute atomic E-state index is 10.1. The standard InChI is InChI=1S/C14H21NO3/c1-14(2)17-9-13(18-14)12(16)8-11(15)10-6-4-3-5-7-10/h3-7,11-13,16H,8-9,15H2,1-2H3/t11-,12-,13-/m1/s1. The van der Waals surface area contributed by atoms with Crippen LogP contribution in [-0.4, -0.2) is 29.7 Å². The summed E-state index contributed by atoms with van der Waals surface area (Å²) < 4.78 is 11.1. The highest BCUT2D eigenvalue weighted by molar-refractivity contribution is 5.18. The van der Waals surface area contributed by atoms with Crippen LogP contribution in [0.25, 0.3) is 0 Å². The zero-order chi connectivity index (χ0) is 13.2. The van der Waals surface area contributed by atoms with Crippen LogP contribution in [0.5, 0.6) is 0 Å². The summed E-state index contributed by atoms with van der Waals surface area (Å²) in [5.74, 6) is -0.609. The summed E-state index contributed by atoms with van der Waals surface area (Å²) in [5.41, 5.74) is 7.10. The van der Waals surface area contributed by atoms with Crippen molar-refractivity contribution in [3.8, 4) is 0 Å². The quantitative estimate of drug-likeness (QED) is 0.853. The maximum Gasteiger partial charge on any atom is 0.163 e. The highest BCUT2D eigenvalue weighted by atomic mass is 16.7. The molecule has 4 nitrogen and oxygen atoms in total. The average molecular weight is 251 g/mol. The summed E-state index contributed by atoms with van der Waals surface area (Å²) >= 11 is 0. The molecule has 3 atom stereocenters. The van der Waals surface area contributed by atoms with E-state index in [9.17, 15) is 5.11 Å². The van der Waals surface area contributed by atoms with Crippen molar-refractivity contribution in [3.63, 3.8) is 0 Å². The predicted octanol–water partition coefficient (Wildman–Crippen LogP) is 1.59. The molecule has 1 aliphatic heterocycles. The molecule has 100 valence electrons. The Kier molecular flexibility index (Phi) is 4.02. The normalized spacial score (nSPS) is 25.9. The van der Waals surface area contributed by atoms with E-state index < -0.39 is 11.9 Å². The van der Waals surface area contributed by atoms with Gasteiger partial charge in [0.25, 0.3) is 0 Å². The summed E-state index contributed by atoms with van der Waals surface area (Å²) in [7, 11) is 0. The molecule has 2 rings (SSSR count). The predicted molar refractivity (Wildman–Crippen MR) is 68.9 cm³/mol. The lowest BCUT2D eigenvalue weighted by Crippen LogP contribution is -2.33. The molecule has 4 heteroatoms. The highest BCUT2D eigenvalue weighted by Crippen LogP contribution is 2.27. The molecule has 0 saturated carbocycles. The van der Waals surface area contributed by atoms with Crippen LogP contribution >= 0.6 is 0 Å². The molecule has 0 bridgehead atoms. The third kappa shape index (κ3) is 3.29. The molecular formula is C14H21NO3. The Morgan fingerprint density at radius 1 is 1.39 bits per heavy atom. The fourth-order valence-corrected chi connectivity index (χ4v) is 2.15. The number of ether oxygens (including phenoxy) is 2. The second kappa shape index (κ2) is 5.36. The van der Waals surface area contributed by atoms with Crippen molar-refractivity contribution in [2.24, 2.45) is 5.73 Å². The first-order valence-corrected chi connectivity index (χ1v) is 6.28. The Hall–Kier alpha value is -0.940. The summed E-state index contributed by atoms with van der Waals surface area (Å²) in [6, 6.07) is 9.58. The second-order valence-electron chi connectivity index (χ2n) is 5.19. The lowest BCUT2D eigenvalue weighted by atomic mass is 9.99. The Bertz CT molecular complexity index is 380. The van der Waals surface area contributed by atoms with E-state index in [2.05, 4.69) is 0 Å². The number of aliphatic hydroxyl groups is 1. The number of aliphatic hydroxyl groups excluding tert-OH is 1. The smallest absolute Gasteiger partial charge is 0.163 e. The third-order valence-electron chi connectivity index (χ3n) is 3.18. The highest BCUT2D eigenvalue weighted by Gasteiger charge is 2.37. The number of nitrogens with two attached hydrogens (primary N) is 1. The van der Waals surface area contributed by atoms with Crippen LogP contribution in [0.15, 0.2) is 30.3 Å². The zero-order valence-electron chi connectivity index (χ0n) is 10.9. The van der Waals surface area contributed by atoms with E-state index in [0.717, 1.165) is 5.56 Å². The first-order chi connectivity index (χ1) is 8.48. The van der Waals surface area contributed by atoms with E-state index in [1.165, 1.54) is 0 Å². The van der Waals surface area contributed by atoms with E-state index in [0.29, 0.717) is 13.0 Å². The summed E-state index contributed by atoms with van der Waals surface area (Å²) in [6.07, 6.45) is -0.439. The minimum absolute atomic E-state index is 0.187. The van der Waals surface area contributed by atoms with Crippen molar-refractivity contribution < 1.29 is 14.6 Å². The molecule has 0 spiro atoms. The van der Waals surface area contributed by atoms with Crippen LogP contribution in [0.2, 0.25) is 0 Å². The van der Waals surface area contributed by atoms with Crippen molar-refractivity contribution in [3.05, 3.63) is 35.9 Å². The lowest BCUT2D eigenvalue weighted by Gasteiger charge is -2.22. The molecule has 0 unspecified atom stereocenters. The molecular weight excluding hydrogens is 230 g/mol. The van der Waals surface area contributed by atoms with Gasteiger partial charge in [-0.2, -0.15) is 0 Å². The zero-order valence-corrected chi connectivity index (χ0v) is 10.9. The van der Waals surface area contributed by atoms with E-state index in [1.54, 1.807) is 0 Å². The largest absolute Gasteiger partial charge is 0.390 e. The van der Waals surface area contributed by atoms with Gasteiger partial charge in [0, 0.05) is 6.04 Å². The molecule has 1 aliphatic rings. The SMILES string of the molecule is CC1(C)OC[C@H]([C@H](O)C[C@@H](N)c2ccccc2)O1. The topological polar surface area (TPSA) is 64.7 Å². The van der Waals surface area contributed by atoms with Gasteiger partial charge in [-0.05, 0) is 25.8 Å². The molecule has 3 N–H and O–H groups in total. The number of hydrogen-bond donors (Lipinski definition) is 2. The van der Waals surface area contributed by atoms with Crippen LogP contribution in [0, 0.1) is 0 Å². The van der Waals surface area contributed by atoms with Gasteiger partial charge in [-0.15, -0.1) is 0 Å². The van der Waals surface area contributed by atoms with E-state index in [1.807, 2.05) is 44.2 Å². The summed E-state index contributed by atoms with van der Waals surface area (Å²) in [5, 5.41) is 10.1. The molecule has 0 radical (unpaired) electrons. The Balaban J connectivity index is 1.90. The summed E-state index contributed by atoms with van der Waals surface area (Å²) in [6.45, 7) is 4.10. The van der Waals surface area contributed by atoms with Gasteiger partial charge in [0.05, 0.1) is 12.7 Å². The van der Waals surface area contributed by atoms with Gasteiger partial charge < -0.3 is 20.3 Å². The Morgan fingerprint density at radius 3 is 2.61 bits per heavy atom. The molecule has 18 heavy (non-hydrogen) atoms. The van der Waals surface area contributed by atoms with Crippen LogP contribution < -0.4 is 5.73 Å². The monoisotopic (exact) mass is 251 g/mol. The van der Waals surface area contributed by atoms with Gasteiger partial charge in [0.1, 0.15) is 6.10 Å². The molecule has 1 heterocycles. The van der Waals surface area contributed by atoms with Gasteiger partial charge in [-0.3, -0.25) is 0 Å². The first kappa shape index (κ1) is 13.5. The fraction of sp³-hybridized carbons (Fsp3) is 0.571. The molecule has 1 aromatic rings. The molecule has 1 fully saturated rings. The minimum Gasteiger partial charge on any atom is -0.390 e. The van der Waals surface area contributed by atoms with Crippen molar-refractivity contribution in [2.75, 3.05) is 6.61 Å². The number of rotatable bonds is 4. The Morgan fingerprint density at radius 2 is 2.06 bits per heavy atom. The maximum atomic E-state index is 10.1. The van der Waals surface area contributed by atoms with Crippen molar-refractivity contribution in [1.82, 2.24) is 0 Å². The van der Waals surface area contributed by atoms with Gasteiger partial charge in [-0.25, -0.2) is 0 Å². The van der Waals surface area contributed by atoms with Crippen LogP contribution in [0.4, 0.5) is 0 Å². The molecule has 0 amide bonds. The van der Waals surface area contributed by atoms with E-state index in [-0.39, 0.29) is 12.1 Å². The molecule has 0 aliphatic carbocycles. The van der Waals surface area contributed by atoms with Gasteiger partial charge >= 0.3 is 0 Å². The van der Waals surface area contributed by atoms with Gasteiger partial charge in [0.15, 0.2) is 5.79 Å². The Labute approximate surface area is 108 Å². The van der Waals surface area contributed by atoms with Crippen molar-refractivity contribution in [2.45, 2.75) is 44.3 Å². The van der Waals surface area contributed by atoms with Crippen molar-refractivity contribution in [1.29, 1.82) is 0 Å². The number of benzene rings is 1. The molecule has 1 aromatic carbocycles. The van der Waals surface area contributed by atoms with E-state index in [4.69, 9.17) is 15.2 Å². The molecule has 0 aromatic heterocycles. The summed E-state index contributed by atoms with van der Waals surface area (Å²) in [4.78, 5) is 0. The van der Waals surface area contributed by atoms with Crippen molar-refractivity contribution >= 4 is 0 Å². The minimum atomic E-state index is -0.609. The second-order valence-corrected chi connectivity index (χ2v) is 5.19. The van der Waals surface area contributed by atoms with Crippen LogP contribution in [-0.2, 0) is 9.47 Å². The molecule has 1 saturated heterocycles. The van der Waals surface area contributed by atoms with E-state index >= 15 is 0 Å². The average Bonchev–Trinajstić information content (AvgIpc) is 2.71. The third-order valence-corrected chi connectivity index (χ3v) is 3.18. The van der Waals surface area contributed by atoms with Gasteiger partial charge in [0.2, 0.25) is 0 Å². The number of hydrogen-bond acceptors (Lipinski definition) is 4.